The molecular formula is C12H10O6. The Morgan fingerprint density at radius 2 is 2.11 bits per heavy atom. The Bertz CT molecular complexity index is 670. The predicted molar refractivity (Wildman–Crippen MR) is 62.0 cm³/mol. The number of carbonyl (C=O) groups is 1. The van der Waals surface area contributed by atoms with Gasteiger partial charge < -0.3 is 19.0 Å². The number of fused-ring (bicyclic) bond motifs is 1. The molecule has 1 N–H and O–H groups in total. The highest BCUT2D eigenvalue weighted by atomic mass is 16.5. The third-order valence-electron chi connectivity index (χ3n) is 2.28. The lowest BCUT2D eigenvalue weighted by atomic mass is 10.2. The number of ether oxygens (including phenoxy) is 2. The number of hydrogen-bond acceptors (Lipinski definition) is 6. The van der Waals surface area contributed by atoms with Crippen molar-refractivity contribution in [2.75, 3.05) is 7.11 Å². The fourth-order valence-electron chi connectivity index (χ4n) is 1.56. The summed E-state index contributed by atoms with van der Waals surface area (Å²) in [5.41, 5.74) is -0.695. The first-order valence-electron chi connectivity index (χ1n) is 5.05. The van der Waals surface area contributed by atoms with Gasteiger partial charge in [0.25, 0.3) is 0 Å². The molecule has 0 fully saturated rings. The third-order valence-corrected chi connectivity index (χ3v) is 2.28. The van der Waals surface area contributed by atoms with Gasteiger partial charge in [0.05, 0.1) is 12.5 Å². The van der Waals surface area contributed by atoms with Crippen LogP contribution in [0.5, 0.6) is 17.2 Å². The number of benzene rings is 1. The molecule has 0 unspecified atom stereocenters. The summed E-state index contributed by atoms with van der Waals surface area (Å²) >= 11 is 0. The molecule has 0 aliphatic heterocycles. The Hall–Kier alpha value is -2.50. The van der Waals surface area contributed by atoms with E-state index in [2.05, 4.69) is 0 Å². The lowest BCUT2D eigenvalue weighted by Gasteiger charge is -2.06. The van der Waals surface area contributed by atoms with Crippen LogP contribution in [0.4, 0.5) is 0 Å². The van der Waals surface area contributed by atoms with Crippen molar-refractivity contribution in [3.05, 3.63) is 28.6 Å². The van der Waals surface area contributed by atoms with Crippen LogP contribution in [0.1, 0.15) is 6.92 Å². The molecule has 0 saturated carbocycles. The van der Waals surface area contributed by atoms with Gasteiger partial charge in [-0.3, -0.25) is 4.79 Å². The molecule has 94 valence electrons. The number of esters is 1. The van der Waals surface area contributed by atoms with Crippen molar-refractivity contribution >= 4 is 16.9 Å². The largest absolute Gasteiger partial charge is 0.504 e. The van der Waals surface area contributed by atoms with Gasteiger partial charge in [-0.2, -0.15) is 0 Å². The summed E-state index contributed by atoms with van der Waals surface area (Å²) in [5, 5.41) is 10.1. The van der Waals surface area contributed by atoms with E-state index in [9.17, 15) is 14.7 Å². The second-order valence-corrected chi connectivity index (χ2v) is 3.52. The first-order chi connectivity index (χ1) is 8.52. The van der Waals surface area contributed by atoms with E-state index in [4.69, 9.17) is 13.9 Å². The minimum Gasteiger partial charge on any atom is -0.504 e. The summed E-state index contributed by atoms with van der Waals surface area (Å²) in [6.07, 6.45) is 0. The van der Waals surface area contributed by atoms with Crippen molar-refractivity contribution in [1.82, 2.24) is 0 Å². The molecule has 0 saturated heterocycles. The first kappa shape index (κ1) is 12.0. The number of rotatable bonds is 2. The Kier molecular flexibility index (Phi) is 2.93. The van der Waals surface area contributed by atoms with Gasteiger partial charge in [-0.25, -0.2) is 4.79 Å². The molecule has 6 nitrogen and oxygen atoms in total. The second-order valence-electron chi connectivity index (χ2n) is 3.52. The summed E-state index contributed by atoms with van der Waals surface area (Å²) in [7, 11) is 1.25. The molecular weight excluding hydrogens is 240 g/mol. The van der Waals surface area contributed by atoms with Crippen molar-refractivity contribution in [2.24, 2.45) is 0 Å². The molecule has 2 rings (SSSR count). The molecule has 0 spiro atoms. The van der Waals surface area contributed by atoms with Crippen molar-refractivity contribution < 1.29 is 23.8 Å². The van der Waals surface area contributed by atoms with Crippen molar-refractivity contribution in [1.29, 1.82) is 0 Å². The Balaban J connectivity index is 2.65. The molecule has 2 aromatic rings. The van der Waals surface area contributed by atoms with E-state index < -0.39 is 11.6 Å². The van der Waals surface area contributed by atoms with Crippen molar-refractivity contribution in [3.63, 3.8) is 0 Å². The van der Waals surface area contributed by atoms with Gasteiger partial charge in [0.1, 0.15) is 11.3 Å². The zero-order valence-electron chi connectivity index (χ0n) is 9.72. The van der Waals surface area contributed by atoms with Crippen LogP contribution in [0.15, 0.2) is 27.4 Å². The van der Waals surface area contributed by atoms with Gasteiger partial charge >= 0.3 is 11.6 Å². The van der Waals surface area contributed by atoms with E-state index in [0.717, 1.165) is 0 Å². The lowest BCUT2D eigenvalue weighted by Crippen LogP contribution is -2.05. The zero-order valence-corrected chi connectivity index (χ0v) is 9.72. The zero-order chi connectivity index (χ0) is 13.3. The molecule has 0 atom stereocenters. The standard InChI is InChI=1S/C12H10O6/c1-6(13)17-7-3-4-8-9(5-7)18-12(15)11(16-2)10(8)14/h3-5,14H,1-2H3. The maximum atomic E-state index is 11.5. The topological polar surface area (TPSA) is 86.0 Å². The van der Waals surface area contributed by atoms with Crippen LogP contribution < -0.4 is 15.1 Å². The van der Waals surface area contributed by atoms with E-state index in [1.165, 1.54) is 32.2 Å². The highest BCUT2D eigenvalue weighted by Gasteiger charge is 2.15. The first-order valence-corrected chi connectivity index (χ1v) is 5.05. The lowest BCUT2D eigenvalue weighted by molar-refractivity contribution is -0.131. The smallest absolute Gasteiger partial charge is 0.383 e. The molecule has 1 aromatic heterocycles. The molecule has 18 heavy (non-hydrogen) atoms. The summed E-state index contributed by atoms with van der Waals surface area (Å²) in [6, 6.07) is 4.29. The molecule has 0 aliphatic rings. The summed E-state index contributed by atoms with van der Waals surface area (Å²) in [5.74, 6) is -0.835. The predicted octanol–water partition coefficient (Wildman–Crippen LogP) is 1.43. The Labute approximate surface area is 101 Å². The maximum Gasteiger partial charge on any atom is 0.383 e. The van der Waals surface area contributed by atoms with Gasteiger partial charge in [0.2, 0.25) is 5.75 Å². The molecule has 0 amide bonds. The molecule has 0 aliphatic carbocycles. The average molecular weight is 250 g/mol. The quantitative estimate of drug-likeness (QED) is 0.493. The Morgan fingerprint density at radius 3 is 2.72 bits per heavy atom. The van der Waals surface area contributed by atoms with Gasteiger partial charge in [0.15, 0.2) is 5.75 Å². The van der Waals surface area contributed by atoms with Gasteiger partial charge in [-0.15, -0.1) is 0 Å². The minimum atomic E-state index is -0.803. The van der Waals surface area contributed by atoms with Crippen LogP contribution in [-0.4, -0.2) is 18.2 Å². The third kappa shape index (κ3) is 2.00. The fraction of sp³-hybridized carbons (Fsp3) is 0.167. The molecule has 1 heterocycles. The number of methoxy groups -OCH3 is 1. The SMILES string of the molecule is COc1c(O)c2ccc(OC(C)=O)cc2oc1=O. The monoisotopic (exact) mass is 250 g/mol. The molecule has 1 aromatic carbocycles. The second kappa shape index (κ2) is 4.40. The van der Waals surface area contributed by atoms with E-state index in [0.29, 0.717) is 5.39 Å². The van der Waals surface area contributed by atoms with E-state index in [-0.39, 0.29) is 22.8 Å². The van der Waals surface area contributed by atoms with Crippen LogP contribution in [0.2, 0.25) is 0 Å². The highest BCUT2D eigenvalue weighted by Crippen LogP contribution is 2.32. The van der Waals surface area contributed by atoms with E-state index >= 15 is 0 Å². The van der Waals surface area contributed by atoms with Crippen LogP contribution in [0, 0.1) is 0 Å². The van der Waals surface area contributed by atoms with E-state index in [1.54, 1.807) is 0 Å². The van der Waals surface area contributed by atoms with Gasteiger partial charge in [-0.05, 0) is 12.1 Å². The van der Waals surface area contributed by atoms with Crippen molar-refractivity contribution in [3.8, 4) is 17.2 Å². The highest BCUT2D eigenvalue weighted by molar-refractivity contribution is 5.86. The number of hydrogen-bond donors (Lipinski definition) is 1. The molecule has 6 heteroatoms. The van der Waals surface area contributed by atoms with Gasteiger partial charge in [0, 0.05) is 13.0 Å². The van der Waals surface area contributed by atoms with Crippen molar-refractivity contribution in [2.45, 2.75) is 6.92 Å². The van der Waals surface area contributed by atoms with Crippen LogP contribution in [-0.2, 0) is 4.79 Å². The minimum absolute atomic E-state index is 0.108. The summed E-state index contributed by atoms with van der Waals surface area (Å²) in [6.45, 7) is 1.26. The van der Waals surface area contributed by atoms with Crippen LogP contribution in [0.25, 0.3) is 11.0 Å². The molecule has 0 radical (unpaired) electrons. The summed E-state index contributed by atoms with van der Waals surface area (Å²) in [4.78, 5) is 22.3. The van der Waals surface area contributed by atoms with Crippen LogP contribution >= 0.6 is 0 Å². The van der Waals surface area contributed by atoms with E-state index in [1.807, 2.05) is 0 Å². The Morgan fingerprint density at radius 1 is 1.39 bits per heavy atom. The van der Waals surface area contributed by atoms with Crippen LogP contribution in [0.3, 0.4) is 0 Å². The average Bonchev–Trinajstić information content (AvgIpc) is 2.28. The normalized spacial score (nSPS) is 10.3. The van der Waals surface area contributed by atoms with Gasteiger partial charge in [-0.1, -0.05) is 0 Å². The number of aromatic hydroxyl groups is 1. The maximum absolute atomic E-state index is 11.5. The summed E-state index contributed by atoms with van der Waals surface area (Å²) < 4.78 is 14.5. The number of carbonyl (C=O) groups excluding carboxylic acids is 1. The molecule has 0 bridgehead atoms. The fourth-order valence-corrected chi connectivity index (χ4v) is 1.56.